The van der Waals surface area contributed by atoms with Crippen molar-refractivity contribution in [2.45, 2.75) is 25.2 Å². The number of halogens is 3. The van der Waals surface area contributed by atoms with Gasteiger partial charge in [-0.25, -0.2) is 9.59 Å². The van der Waals surface area contributed by atoms with Gasteiger partial charge >= 0.3 is 24.1 Å². The normalized spacial score (nSPS) is 12.3. The fraction of sp³-hybridized carbons (Fsp3) is 0.357. The van der Waals surface area contributed by atoms with E-state index in [0.717, 1.165) is 0 Å². The number of hydrogen-bond donors (Lipinski definition) is 3. The average Bonchev–Trinajstić information content (AvgIpc) is 2.45. The van der Waals surface area contributed by atoms with Gasteiger partial charge < -0.3 is 20.4 Å². The van der Waals surface area contributed by atoms with Crippen LogP contribution >= 0.6 is 0 Å². The van der Waals surface area contributed by atoms with Gasteiger partial charge in [-0.1, -0.05) is 30.3 Å². The third-order valence-electron chi connectivity index (χ3n) is 2.85. The monoisotopic (exact) mass is 348 g/mol. The lowest BCUT2D eigenvalue weighted by molar-refractivity contribution is -0.146. The summed E-state index contributed by atoms with van der Waals surface area (Å²) in [4.78, 5) is 33.8. The molecule has 2 amide bonds. The fourth-order valence-corrected chi connectivity index (χ4v) is 1.83. The number of nitrogens with one attached hydrogen (secondary N) is 1. The fourth-order valence-electron chi connectivity index (χ4n) is 1.83. The minimum atomic E-state index is -4.70. The molecule has 0 saturated heterocycles. The van der Waals surface area contributed by atoms with Crippen LogP contribution in [0.1, 0.15) is 12.0 Å². The molecule has 1 unspecified atom stereocenters. The van der Waals surface area contributed by atoms with Crippen LogP contribution in [-0.4, -0.2) is 51.8 Å². The zero-order valence-electron chi connectivity index (χ0n) is 12.3. The van der Waals surface area contributed by atoms with E-state index >= 15 is 0 Å². The second kappa shape index (κ2) is 8.18. The summed E-state index contributed by atoms with van der Waals surface area (Å²) in [5.41, 5.74) is 0.405. The lowest BCUT2D eigenvalue weighted by Crippen LogP contribution is -2.50. The number of carbonyl (C=O) groups is 3. The van der Waals surface area contributed by atoms with Gasteiger partial charge in [0.2, 0.25) is 0 Å². The second-order valence-corrected chi connectivity index (χ2v) is 4.90. The van der Waals surface area contributed by atoms with Gasteiger partial charge in [-0.3, -0.25) is 4.79 Å². The largest absolute Gasteiger partial charge is 0.481 e. The molecule has 7 nitrogen and oxygen atoms in total. The van der Waals surface area contributed by atoms with Crippen LogP contribution < -0.4 is 5.32 Å². The maximum atomic E-state index is 12.6. The van der Waals surface area contributed by atoms with Crippen LogP contribution in [0.2, 0.25) is 0 Å². The van der Waals surface area contributed by atoms with Crippen molar-refractivity contribution in [2.24, 2.45) is 0 Å². The minimum Gasteiger partial charge on any atom is -0.481 e. The summed E-state index contributed by atoms with van der Waals surface area (Å²) in [7, 11) is 0. The van der Waals surface area contributed by atoms with E-state index in [0.29, 0.717) is 10.5 Å². The van der Waals surface area contributed by atoms with E-state index in [4.69, 9.17) is 10.2 Å². The Bertz CT molecular complexity index is 592. The van der Waals surface area contributed by atoms with Gasteiger partial charge in [0.15, 0.2) is 0 Å². The predicted octanol–water partition coefficient (Wildman–Crippen LogP) is 1.69. The van der Waals surface area contributed by atoms with Crippen molar-refractivity contribution in [2.75, 3.05) is 6.54 Å². The molecule has 0 aliphatic rings. The molecule has 0 radical (unpaired) electrons. The van der Waals surface area contributed by atoms with Crippen LogP contribution in [0, 0.1) is 0 Å². The number of benzene rings is 1. The number of alkyl halides is 3. The molecule has 10 heteroatoms. The van der Waals surface area contributed by atoms with Crippen LogP contribution in [0.15, 0.2) is 30.3 Å². The number of rotatable bonds is 7. The van der Waals surface area contributed by atoms with Gasteiger partial charge in [0.25, 0.3) is 0 Å². The Balaban J connectivity index is 2.89. The molecule has 0 fully saturated rings. The average molecular weight is 348 g/mol. The summed E-state index contributed by atoms with van der Waals surface area (Å²) in [5.74, 6) is -3.16. The molecule has 0 aliphatic carbocycles. The molecule has 1 aromatic carbocycles. The molecule has 1 rings (SSSR count). The van der Waals surface area contributed by atoms with E-state index in [2.05, 4.69) is 0 Å². The van der Waals surface area contributed by atoms with Crippen molar-refractivity contribution in [3.05, 3.63) is 35.9 Å². The summed E-state index contributed by atoms with van der Waals surface area (Å²) in [6.45, 7) is -2.02. The number of carbonyl (C=O) groups excluding carboxylic acids is 1. The SMILES string of the molecule is O=C(O)CC(NC(=O)N(Cc1ccccc1)CC(F)(F)F)C(=O)O. The topological polar surface area (TPSA) is 107 Å². The molecule has 0 saturated carbocycles. The number of aliphatic carboxylic acids is 2. The Hall–Kier alpha value is -2.78. The van der Waals surface area contributed by atoms with Gasteiger partial charge in [0.05, 0.1) is 6.42 Å². The van der Waals surface area contributed by atoms with Crippen molar-refractivity contribution in [3.63, 3.8) is 0 Å². The molecule has 24 heavy (non-hydrogen) atoms. The molecule has 1 aromatic rings. The maximum Gasteiger partial charge on any atom is 0.406 e. The van der Waals surface area contributed by atoms with Crippen LogP contribution in [0.25, 0.3) is 0 Å². The Morgan fingerprint density at radius 1 is 1.12 bits per heavy atom. The highest BCUT2D eigenvalue weighted by Gasteiger charge is 2.34. The molecule has 132 valence electrons. The molecule has 0 spiro atoms. The lowest BCUT2D eigenvalue weighted by Gasteiger charge is -2.26. The summed E-state index contributed by atoms with van der Waals surface area (Å²) < 4.78 is 37.9. The van der Waals surface area contributed by atoms with Gasteiger partial charge in [0.1, 0.15) is 12.6 Å². The molecule has 0 heterocycles. The van der Waals surface area contributed by atoms with Crippen molar-refractivity contribution >= 4 is 18.0 Å². The minimum absolute atomic E-state index is 0.368. The number of nitrogens with zero attached hydrogens (tertiary/aromatic N) is 1. The summed E-state index contributed by atoms with van der Waals surface area (Å²) in [5, 5.41) is 19.3. The number of carboxylic acid groups (broad SMARTS) is 2. The second-order valence-electron chi connectivity index (χ2n) is 4.90. The number of carboxylic acids is 2. The Morgan fingerprint density at radius 2 is 1.71 bits per heavy atom. The maximum absolute atomic E-state index is 12.6. The molecular formula is C14H15F3N2O5. The highest BCUT2D eigenvalue weighted by molar-refractivity contribution is 5.86. The molecule has 0 bridgehead atoms. The number of urea groups is 1. The zero-order valence-corrected chi connectivity index (χ0v) is 12.3. The van der Waals surface area contributed by atoms with E-state index in [1.165, 1.54) is 12.1 Å². The first-order valence-electron chi connectivity index (χ1n) is 6.69. The van der Waals surface area contributed by atoms with Crippen molar-refractivity contribution in [1.29, 1.82) is 0 Å². The highest BCUT2D eigenvalue weighted by atomic mass is 19.4. The lowest BCUT2D eigenvalue weighted by atomic mass is 10.2. The van der Waals surface area contributed by atoms with Gasteiger partial charge in [-0.05, 0) is 5.56 Å². The van der Waals surface area contributed by atoms with Crippen LogP contribution in [0.5, 0.6) is 0 Å². The van der Waals surface area contributed by atoms with E-state index in [1.807, 2.05) is 0 Å². The molecule has 0 aromatic heterocycles. The van der Waals surface area contributed by atoms with E-state index in [9.17, 15) is 27.6 Å². The smallest absolute Gasteiger partial charge is 0.406 e. The van der Waals surface area contributed by atoms with Crippen LogP contribution in [0.4, 0.5) is 18.0 Å². The van der Waals surface area contributed by atoms with Gasteiger partial charge in [-0.15, -0.1) is 0 Å². The summed E-state index contributed by atoms with van der Waals surface area (Å²) in [6, 6.07) is 4.65. The zero-order chi connectivity index (χ0) is 18.3. The van der Waals surface area contributed by atoms with Crippen molar-refractivity contribution in [1.82, 2.24) is 10.2 Å². The third kappa shape index (κ3) is 6.99. The van der Waals surface area contributed by atoms with Gasteiger partial charge in [-0.2, -0.15) is 13.2 Å². The molecule has 1 atom stereocenters. The Morgan fingerprint density at radius 3 is 2.17 bits per heavy atom. The van der Waals surface area contributed by atoms with Crippen molar-refractivity contribution in [3.8, 4) is 0 Å². The first-order chi connectivity index (χ1) is 11.1. The van der Waals surface area contributed by atoms with Gasteiger partial charge in [0, 0.05) is 6.54 Å². The van der Waals surface area contributed by atoms with Crippen LogP contribution in [0.3, 0.4) is 0 Å². The third-order valence-corrected chi connectivity index (χ3v) is 2.85. The first-order valence-corrected chi connectivity index (χ1v) is 6.69. The predicted molar refractivity (Wildman–Crippen MR) is 75.1 cm³/mol. The number of hydrogen-bond acceptors (Lipinski definition) is 3. The van der Waals surface area contributed by atoms with E-state index in [1.54, 1.807) is 23.5 Å². The van der Waals surface area contributed by atoms with Crippen LogP contribution in [-0.2, 0) is 16.1 Å². The molecule has 0 aliphatic heterocycles. The van der Waals surface area contributed by atoms with Crippen molar-refractivity contribution < 1.29 is 37.8 Å². The standard InChI is InChI=1S/C14H15F3N2O5/c15-14(16,17)8-19(7-9-4-2-1-3-5-9)13(24)18-10(12(22)23)6-11(20)21/h1-5,10H,6-8H2,(H,18,24)(H,20,21)(H,22,23). The first kappa shape index (κ1) is 19.3. The van der Waals surface area contributed by atoms with E-state index < -0.39 is 49.7 Å². The molecule has 3 N–H and O–H groups in total. The molecular weight excluding hydrogens is 333 g/mol. The highest BCUT2D eigenvalue weighted by Crippen LogP contribution is 2.18. The summed E-state index contributed by atoms with van der Waals surface area (Å²) in [6.07, 6.45) is -5.65. The van der Waals surface area contributed by atoms with E-state index in [-0.39, 0.29) is 0 Å². The summed E-state index contributed by atoms with van der Waals surface area (Å²) >= 11 is 0. The Kier molecular flexibility index (Phi) is 6.57. The quantitative estimate of drug-likeness (QED) is 0.695. The number of amides is 2. The Labute approximate surface area is 134 Å².